The average molecular weight is 488 g/mol. The van der Waals surface area contributed by atoms with E-state index in [-0.39, 0.29) is 5.91 Å². The molecule has 2 aromatic heterocycles. The van der Waals surface area contributed by atoms with Crippen LogP contribution >= 0.6 is 43.5 Å². The molecule has 0 aliphatic carbocycles. The maximum absolute atomic E-state index is 12.5. The largest absolute Gasteiger partial charge is 0.303 e. The first-order valence-corrected chi connectivity index (χ1v) is 9.30. The molecule has 3 aromatic rings. The van der Waals surface area contributed by atoms with Gasteiger partial charge in [0.2, 0.25) is 0 Å². The summed E-state index contributed by atoms with van der Waals surface area (Å²) in [5, 5.41) is 12.1. The molecule has 0 spiro atoms. The van der Waals surface area contributed by atoms with Crippen LogP contribution in [0.2, 0.25) is 5.02 Å². The Morgan fingerprint density at radius 2 is 2.00 bits per heavy atom. The van der Waals surface area contributed by atoms with Crippen LogP contribution in [0.1, 0.15) is 21.7 Å². The maximum atomic E-state index is 12.5. The second-order valence-corrected chi connectivity index (χ2v) is 7.49. The van der Waals surface area contributed by atoms with Gasteiger partial charge in [0.1, 0.15) is 0 Å². The molecule has 0 fully saturated rings. The van der Waals surface area contributed by atoms with Crippen molar-refractivity contribution in [2.24, 2.45) is 7.05 Å². The van der Waals surface area contributed by atoms with Crippen molar-refractivity contribution in [3.8, 4) is 0 Å². The van der Waals surface area contributed by atoms with E-state index in [4.69, 9.17) is 11.6 Å². The van der Waals surface area contributed by atoms with Gasteiger partial charge in [0.15, 0.2) is 11.5 Å². The molecule has 0 atom stereocenters. The molecule has 0 saturated heterocycles. The van der Waals surface area contributed by atoms with Crippen LogP contribution in [0.4, 0.5) is 5.82 Å². The molecule has 0 aliphatic heterocycles. The minimum atomic E-state index is -0.334. The zero-order valence-electron chi connectivity index (χ0n) is 13.4. The number of hydrogen-bond donors (Lipinski definition) is 1. The van der Waals surface area contributed by atoms with Crippen molar-refractivity contribution < 1.29 is 4.79 Å². The van der Waals surface area contributed by atoms with Gasteiger partial charge in [-0.2, -0.15) is 10.2 Å². The van der Waals surface area contributed by atoms with Gasteiger partial charge in [-0.05, 0) is 50.4 Å². The zero-order chi connectivity index (χ0) is 18.1. The van der Waals surface area contributed by atoms with E-state index in [2.05, 4.69) is 47.4 Å². The van der Waals surface area contributed by atoms with E-state index in [0.29, 0.717) is 32.0 Å². The number of rotatable bonds is 4. The topological polar surface area (TPSA) is 64.7 Å². The summed E-state index contributed by atoms with van der Waals surface area (Å²) in [7, 11) is 1.78. The predicted octanol–water partition coefficient (Wildman–Crippen LogP) is 4.40. The fourth-order valence-corrected chi connectivity index (χ4v) is 3.38. The second-order valence-electron chi connectivity index (χ2n) is 5.44. The normalized spacial score (nSPS) is 10.9. The first kappa shape index (κ1) is 18.2. The van der Waals surface area contributed by atoms with E-state index < -0.39 is 0 Å². The Hall–Kier alpha value is -1.64. The first-order valence-electron chi connectivity index (χ1n) is 7.33. The standard InChI is InChI=1S/C16H14Br2ClN5O/c1-9-13(18)14(21-23(9)2)16(25)20-15-11(17)8-24(22-15)7-10-5-3-4-6-12(10)19/h3-6,8H,7H2,1-2H3,(H,20,22,25). The third kappa shape index (κ3) is 3.80. The molecular weight excluding hydrogens is 473 g/mol. The zero-order valence-corrected chi connectivity index (χ0v) is 17.4. The molecule has 0 bridgehead atoms. The van der Waals surface area contributed by atoms with Crippen LogP contribution in [0, 0.1) is 6.92 Å². The highest BCUT2D eigenvalue weighted by Crippen LogP contribution is 2.25. The van der Waals surface area contributed by atoms with Crippen LogP contribution in [0.25, 0.3) is 0 Å². The summed E-state index contributed by atoms with van der Waals surface area (Å²) >= 11 is 13.0. The molecule has 1 aromatic carbocycles. The minimum Gasteiger partial charge on any atom is -0.303 e. The summed E-state index contributed by atoms with van der Waals surface area (Å²) in [6.07, 6.45) is 1.79. The van der Waals surface area contributed by atoms with E-state index in [9.17, 15) is 4.79 Å². The second kappa shape index (κ2) is 7.31. The number of anilines is 1. The van der Waals surface area contributed by atoms with E-state index in [1.807, 2.05) is 31.2 Å². The van der Waals surface area contributed by atoms with Crippen molar-refractivity contribution in [1.29, 1.82) is 0 Å². The molecule has 2 heterocycles. The summed E-state index contributed by atoms with van der Waals surface area (Å²) in [6, 6.07) is 7.57. The number of nitrogens with one attached hydrogen (secondary N) is 1. The van der Waals surface area contributed by atoms with E-state index in [1.54, 1.807) is 22.6 Å². The summed E-state index contributed by atoms with van der Waals surface area (Å²) in [6.45, 7) is 2.38. The van der Waals surface area contributed by atoms with Crippen molar-refractivity contribution in [2.75, 3.05) is 5.32 Å². The lowest BCUT2D eigenvalue weighted by Gasteiger charge is -2.04. The summed E-state index contributed by atoms with van der Waals surface area (Å²) in [4.78, 5) is 12.5. The Kier molecular flexibility index (Phi) is 5.31. The minimum absolute atomic E-state index is 0.313. The van der Waals surface area contributed by atoms with Crippen LogP contribution in [-0.2, 0) is 13.6 Å². The molecule has 9 heteroatoms. The highest BCUT2D eigenvalue weighted by molar-refractivity contribution is 9.11. The molecule has 0 unspecified atom stereocenters. The lowest BCUT2D eigenvalue weighted by Crippen LogP contribution is -2.14. The number of carbonyl (C=O) groups is 1. The maximum Gasteiger partial charge on any atom is 0.278 e. The number of carbonyl (C=O) groups excluding carboxylic acids is 1. The Labute approximate surface area is 166 Å². The van der Waals surface area contributed by atoms with Crippen molar-refractivity contribution in [3.63, 3.8) is 0 Å². The fourth-order valence-electron chi connectivity index (χ4n) is 2.26. The number of nitrogens with zero attached hydrogens (tertiary/aromatic N) is 4. The molecule has 6 nitrogen and oxygen atoms in total. The molecule has 0 saturated carbocycles. The third-order valence-electron chi connectivity index (χ3n) is 3.72. The fraction of sp³-hybridized carbons (Fsp3) is 0.188. The Balaban J connectivity index is 1.80. The van der Waals surface area contributed by atoms with Gasteiger partial charge in [-0.15, -0.1) is 0 Å². The molecule has 130 valence electrons. The van der Waals surface area contributed by atoms with E-state index >= 15 is 0 Å². The molecule has 0 radical (unpaired) electrons. The average Bonchev–Trinajstić information content (AvgIpc) is 3.04. The van der Waals surface area contributed by atoms with Crippen molar-refractivity contribution >= 4 is 55.2 Å². The Morgan fingerprint density at radius 1 is 1.28 bits per heavy atom. The molecular formula is C16H14Br2ClN5O. The highest BCUT2D eigenvalue weighted by Gasteiger charge is 2.20. The lowest BCUT2D eigenvalue weighted by molar-refractivity contribution is 0.102. The molecule has 3 rings (SSSR count). The number of aromatic nitrogens is 4. The van der Waals surface area contributed by atoms with Gasteiger partial charge in [0.25, 0.3) is 5.91 Å². The monoisotopic (exact) mass is 485 g/mol. The van der Waals surface area contributed by atoms with Gasteiger partial charge in [0, 0.05) is 18.3 Å². The molecule has 25 heavy (non-hydrogen) atoms. The van der Waals surface area contributed by atoms with Crippen molar-refractivity contribution in [3.05, 3.63) is 61.4 Å². The summed E-state index contributed by atoms with van der Waals surface area (Å²) in [5.74, 6) is 0.0894. The van der Waals surface area contributed by atoms with Crippen LogP contribution in [-0.4, -0.2) is 25.5 Å². The smallest absolute Gasteiger partial charge is 0.278 e. The highest BCUT2D eigenvalue weighted by atomic mass is 79.9. The van der Waals surface area contributed by atoms with Gasteiger partial charge in [-0.1, -0.05) is 29.8 Å². The van der Waals surface area contributed by atoms with Gasteiger partial charge in [0.05, 0.1) is 21.2 Å². The van der Waals surface area contributed by atoms with Crippen molar-refractivity contribution in [1.82, 2.24) is 19.6 Å². The summed E-state index contributed by atoms with van der Waals surface area (Å²) in [5.41, 5.74) is 2.13. The van der Waals surface area contributed by atoms with Crippen LogP contribution in [0.5, 0.6) is 0 Å². The third-order valence-corrected chi connectivity index (χ3v) is 5.61. The van der Waals surface area contributed by atoms with Gasteiger partial charge < -0.3 is 5.32 Å². The van der Waals surface area contributed by atoms with E-state index in [0.717, 1.165) is 11.3 Å². The lowest BCUT2D eigenvalue weighted by atomic mass is 10.2. The van der Waals surface area contributed by atoms with Crippen molar-refractivity contribution in [2.45, 2.75) is 13.5 Å². The van der Waals surface area contributed by atoms with Crippen LogP contribution in [0.15, 0.2) is 39.4 Å². The number of aryl methyl sites for hydroxylation is 1. The molecule has 1 N–H and O–H groups in total. The Morgan fingerprint density at radius 3 is 2.64 bits per heavy atom. The van der Waals surface area contributed by atoms with Gasteiger partial charge in [-0.25, -0.2) is 0 Å². The Bertz CT molecular complexity index is 950. The van der Waals surface area contributed by atoms with Crippen LogP contribution < -0.4 is 5.32 Å². The number of hydrogen-bond acceptors (Lipinski definition) is 3. The molecule has 0 aliphatic rings. The number of halogens is 3. The van der Waals surface area contributed by atoms with Gasteiger partial charge >= 0.3 is 0 Å². The SMILES string of the molecule is Cc1c(Br)c(C(=O)Nc2nn(Cc3ccccc3Cl)cc2Br)nn1C. The quantitative estimate of drug-likeness (QED) is 0.593. The van der Waals surface area contributed by atoms with Gasteiger partial charge in [-0.3, -0.25) is 14.2 Å². The molecule has 1 amide bonds. The summed E-state index contributed by atoms with van der Waals surface area (Å²) < 4.78 is 4.69. The van der Waals surface area contributed by atoms with Crippen LogP contribution in [0.3, 0.4) is 0 Å². The van der Waals surface area contributed by atoms with E-state index in [1.165, 1.54) is 0 Å². The first-order chi connectivity index (χ1) is 11.9. The number of benzene rings is 1. The number of amides is 1. The predicted molar refractivity (Wildman–Crippen MR) is 104 cm³/mol.